The SMILES string of the molecule is CCCCCCCCCCCCCCCC[N+](C)(C)CC(=O)O. The second-order valence-corrected chi connectivity index (χ2v) is 7.81. The molecule has 0 unspecified atom stereocenters. The highest BCUT2D eigenvalue weighted by molar-refractivity contribution is 5.67. The number of aliphatic carboxylic acids is 1. The minimum Gasteiger partial charge on any atom is -0.477 e. The molecule has 138 valence electrons. The molecule has 0 amide bonds. The summed E-state index contributed by atoms with van der Waals surface area (Å²) in [5.41, 5.74) is 0. The molecule has 0 spiro atoms. The second kappa shape index (κ2) is 15.0. The number of hydrogen-bond donors (Lipinski definition) is 1. The van der Waals surface area contributed by atoms with E-state index in [0.29, 0.717) is 4.48 Å². The molecule has 3 heteroatoms. The van der Waals surface area contributed by atoms with Gasteiger partial charge in [0.2, 0.25) is 0 Å². The first kappa shape index (κ1) is 22.4. The van der Waals surface area contributed by atoms with Crippen LogP contribution in [0.1, 0.15) is 96.8 Å². The fourth-order valence-electron chi connectivity index (χ4n) is 3.18. The van der Waals surface area contributed by atoms with Crippen LogP contribution in [0, 0.1) is 0 Å². The Labute approximate surface area is 145 Å². The average molecular weight is 329 g/mol. The zero-order chi connectivity index (χ0) is 17.4. The Bertz CT molecular complexity index is 277. The van der Waals surface area contributed by atoms with Crippen LogP contribution in [-0.2, 0) is 4.79 Å². The quantitative estimate of drug-likeness (QED) is 0.277. The third kappa shape index (κ3) is 17.6. The maximum absolute atomic E-state index is 10.7. The van der Waals surface area contributed by atoms with Crippen LogP contribution in [-0.4, -0.2) is 42.7 Å². The Hall–Kier alpha value is -0.570. The predicted octanol–water partition coefficient (Wildman–Crippen LogP) is 5.63. The fourth-order valence-corrected chi connectivity index (χ4v) is 3.18. The summed E-state index contributed by atoms with van der Waals surface area (Å²) < 4.78 is 0.605. The molecular formula is C20H42NO2+. The Morgan fingerprint density at radius 3 is 1.39 bits per heavy atom. The Kier molecular flexibility index (Phi) is 14.6. The number of quaternary nitrogens is 1. The molecule has 0 aliphatic heterocycles. The number of carbonyl (C=O) groups is 1. The number of unbranched alkanes of at least 4 members (excludes halogenated alkanes) is 13. The van der Waals surface area contributed by atoms with Crippen LogP contribution in [0.15, 0.2) is 0 Å². The van der Waals surface area contributed by atoms with E-state index in [2.05, 4.69) is 6.92 Å². The number of nitrogens with zero attached hydrogens (tertiary/aromatic N) is 1. The van der Waals surface area contributed by atoms with E-state index in [-0.39, 0.29) is 6.54 Å². The zero-order valence-corrected chi connectivity index (χ0v) is 16.1. The van der Waals surface area contributed by atoms with Crippen LogP contribution < -0.4 is 0 Å². The van der Waals surface area contributed by atoms with Gasteiger partial charge in [-0.1, -0.05) is 84.0 Å². The van der Waals surface area contributed by atoms with Crippen molar-refractivity contribution in [2.75, 3.05) is 27.2 Å². The normalized spacial score (nSPS) is 11.8. The fraction of sp³-hybridized carbons (Fsp3) is 0.950. The van der Waals surface area contributed by atoms with Gasteiger partial charge < -0.3 is 9.59 Å². The van der Waals surface area contributed by atoms with Gasteiger partial charge in [-0.3, -0.25) is 0 Å². The second-order valence-electron chi connectivity index (χ2n) is 7.81. The van der Waals surface area contributed by atoms with Crippen molar-refractivity contribution in [2.24, 2.45) is 0 Å². The van der Waals surface area contributed by atoms with Crippen LogP contribution in [0.25, 0.3) is 0 Å². The number of carboxylic acids is 1. The molecule has 23 heavy (non-hydrogen) atoms. The third-order valence-corrected chi connectivity index (χ3v) is 4.68. The van der Waals surface area contributed by atoms with Crippen molar-refractivity contribution < 1.29 is 14.4 Å². The summed E-state index contributed by atoms with van der Waals surface area (Å²) in [6.45, 7) is 3.48. The van der Waals surface area contributed by atoms with E-state index in [1.54, 1.807) is 0 Å². The predicted molar refractivity (Wildman–Crippen MR) is 99.8 cm³/mol. The summed E-state index contributed by atoms with van der Waals surface area (Å²) in [5, 5.41) is 8.85. The van der Waals surface area contributed by atoms with Crippen molar-refractivity contribution in [1.29, 1.82) is 0 Å². The summed E-state index contributed by atoms with van der Waals surface area (Å²) in [5.74, 6) is -0.694. The van der Waals surface area contributed by atoms with Gasteiger partial charge in [-0.15, -0.1) is 0 Å². The summed E-state index contributed by atoms with van der Waals surface area (Å²) in [6, 6.07) is 0. The number of rotatable bonds is 17. The molecular weight excluding hydrogens is 286 g/mol. The van der Waals surface area contributed by atoms with Crippen molar-refractivity contribution in [3.05, 3.63) is 0 Å². The molecule has 0 heterocycles. The summed E-state index contributed by atoms with van der Waals surface area (Å²) in [6.07, 6.45) is 19.2. The van der Waals surface area contributed by atoms with Gasteiger partial charge in [0.05, 0.1) is 20.6 Å². The minimum atomic E-state index is -0.694. The van der Waals surface area contributed by atoms with Gasteiger partial charge in [-0.05, 0) is 12.8 Å². The lowest BCUT2D eigenvalue weighted by molar-refractivity contribution is -0.883. The van der Waals surface area contributed by atoms with Crippen molar-refractivity contribution in [1.82, 2.24) is 0 Å². The third-order valence-electron chi connectivity index (χ3n) is 4.68. The molecule has 0 aliphatic carbocycles. The molecule has 0 atom stereocenters. The Morgan fingerprint density at radius 2 is 1.04 bits per heavy atom. The molecule has 0 aromatic rings. The maximum Gasteiger partial charge on any atom is 0.359 e. The first-order valence-electron chi connectivity index (χ1n) is 10.0. The van der Waals surface area contributed by atoms with Crippen molar-refractivity contribution in [2.45, 2.75) is 96.8 Å². The van der Waals surface area contributed by atoms with E-state index < -0.39 is 5.97 Å². The lowest BCUT2D eigenvalue weighted by Crippen LogP contribution is -2.44. The first-order chi connectivity index (χ1) is 11.0. The molecule has 0 rings (SSSR count). The zero-order valence-electron chi connectivity index (χ0n) is 16.1. The highest BCUT2D eigenvalue weighted by atomic mass is 16.4. The molecule has 1 N–H and O–H groups in total. The van der Waals surface area contributed by atoms with Crippen LogP contribution >= 0.6 is 0 Å². The summed E-state index contributed by atoms with van der Waals surface area (Å²) in [7, 11) is 4.02. The number of hydrogen-bond acceptors (Lipinski definition) is 1. The van der Waals surface area contributed by atoms with Gasteiger partial charge in [-0.2, -0.15) is 0 Å². The van der Waals surface area contributed by atoms with Crippen molar-refractivity contribution in [3.8, 4) is 0 Å². The van der Waals surface area contributed by atoms with Crippen LogP contribution in [0.2, 0.25) is 0 Å². The van der Waals surface area contributed by atoms with E-state index in [9.17, 15) is 4.79 Å². The average Bonchev–Trinajstić information content (AvgIpc) is 2.46. The summed E-state index contributed by atoms with van der Waals surface area (Å²) >= 11 is 0. The van der Waals surface area contributed by atoms with Crippen LogP contribution in [0.5, 0.6) is 0 Å². The molecule has 0 aromatic heterocycles. The topological polar surface area (TPSA) is 37.3 Å². The first-order valence-corrected chi connectivity index (χ1v) is 10.0. The van der Waals surface area contributed by atoms with Gasteiger partial charge in [0.25, 0.3) is 0 Å². The summed E-state index contributed by atoms with van der Waals surface area (Å²) in [4.78, 5) is 10.7. The molecule has 0 bridgehead atoms. The highest BCUT2D eigenvalue weighted by Gasteiger charge is 2.18. The Morgan fingerprint density at radius 1 is 0.696 bits per heavy atom. The van der Waals surface area contributed by atoms with E-state index in [1.165, 1.54) is 83.5 Å². The molecule has 3 nitrogen and oxygen atoms in total. The molecule has 0 aromatic carbocycles. The van der Waals surface area contributed by atoms with Gasteiger partial charge in [0, 0.05) is 0 Å². The van der Waals surface area contributed by atoms with E-state index in [4.69, 9.17) is 5.11 Å². The van der Waals surface area contributed by atoms with Gasteiger partial charge >= 0.3 is 5.97 Å². The molecule has 0 radical (unpaired) electrons. The van der Waals surface area contributed by atoms with E-state index in [1.807, 2.05) is 14.1 Å². The maximum atomic E-state index is 10.7. The van der Waals surface area contributed by atoms with E-state index >= 15 is 0 Å². The molecule has 0 aliphatic rings. The van der Waals surface area contributed by atoms with Crippen LogP contribution in [0.4, 0.5) is 0 Å². The minimum absolute atomic E-state index is 0.235. The molecule has 0 fully saturated rings. The van der Waals surface area contributed by atoms with Gasteiger partial charge in [-0.25, -0.2) is 4.79 Å². The Balaban J connectivity index is 3.20. The lowest BCUT2D eigenvalue weighted by Gasteiger charge is -2.27. The monoisotopic (exact) mass is 328 g/mol. The van der Waals surface area contributed by atoms with E-state index in [0.717, 1.165) is 13.0 Å². The lowest BCUT2D eigenvalue weighted by atomic mass is 10.0. The largest absolute Gasteiger partial charge is 0.477 e. The van der Waals surface area contributed by atoms with Gasteiger partial charge in [0.15, 0.2) is 6.54 Å². The highest BCUT2D eigenvalue weighted by Crippen LogP contribution is 2.13. The van der Waals surface area contributed by atoms with Crippen LogP contribution in [0.3, 0.4) is 0 Å². The smallest absolute Gasteiger partial charge is 0.359 e. The molecule has 0 saturated carbocycles. The van der Waals surface area contributed by atoms with Crippen molar-refractivity contribution in [3.63, 3.8) is 0 Å². The number of likely N-dealkylation sites (N-methyl/N-ethyl adjacent to an activating group) is 1. The molecule has 0 saturated heterocycles. The standard InChI is InChI=1S/C20H41NO2/c1-4-5-6-7-8-9-10-11-12-13-14-15-16-17-18-21(2,3)19-20(22)23/h4-19H2,1-3H3/p+1. The number of carboxylic acid groups (broad SMARTS) is 1. The van der Waals surface area contributed by atoms with Gasteiger partial charge in [0.1, 0.15) is 0 Å². The van der Waals surface area contributed by atoms with Crippen molar-refractivity contribution >= 4 is 5.97 Å².